The first-order valence-corrected chi connectivity index (χ1v) is 20.7. The van der Waals surface area contributed by atoms with Crippen molar-refractivity contribution in [3.8, 4) is 23.0 Å². The van der Waals surface area contributed by atoms with Crippen LogP contribution in [0, 0.1) is 0 Å². The minimum atomic E-state index is -0.815. The summed E-state index contributed by atoms with van der Waals surface area (Å²) in [4.78, 5) is 2.01. The largest absolute Gasteiger partial charge is 0.491 e. The second-order valence-electron chi connectivity index (χ2n) is 16.7. The van der Waals surface area contributed by atoms with Crippen LogP contribution in [0.15, 0.2) is 97.1 Å². The molecule has 0 amide bonds. The molecule has 2 heterocycles. The van der Waals surface area contributed by atoms with Crippen molar-refractivity contribution in [3.63, 3.8) is 0 Å². The molecule has 2 aliphatic heterocycles. The van der Waals surface area contributed by atoms with Gasteiger partial charge in [0.15, 0.2) is 0 Å². The second kappa shape index (κ2) is 20.9. The molecule has 6 rings (SSSR count). The maximum Gasteiger partial charge on any atom is 0.119 e. The van der Waals surface area contributed by atoms with Crippen LogP contribution in [0.1, 0.15) is 56.9 Å². The van der Waals surface area contributed by atoms with E-state index in [9.17, 15) is 10.2 Å². The van der Waals surface area contributed by atoms with Crippen LogP contribution in [-0.4, -0.2) is 125 Å². The zero-order valence-electron chi connectivity index (χ0n) is 35.5. The van der Waals surface area contributed by atoms with Gasteiger partial charge in [-0.3, -0.25) is 4.90 Å². The Hall–Kier alpha value is -4.20. The minimum absolute atomic E-state index is 0.0902. The van der Waals surface area contributed by atoms with Crippen molar-refractivity contribution in [1.29, 1.82) is 0 Å². The number of aliphatic hydroxyl groups excluding tert-OH is 2. The molecule has 4 aromatic carbocycles. The predicted molar refractivity (Wildman–Crippen MR) is 227 cm³/mol. The maximum atomic E-state index is 11.2. The van der Waals surface area contributed by atoms with Gasteiger partial charge in [-0.2, -0.15) is 0 Å². The maximum absolute atomic E-state index is 11.2. The van der Waals surface area contributed by atoms with Crippen molar-refractivity contribution >= 4 is 0 Å². The smallest absolute Gasteiger partial charge is 0.119 e. The van der Waals surface area contributed by atoms with Crippen LogP contribution >= 0.6 is 0 Å². The third-order valence-corrected chi connectivity index (χ3v) is 11.2. The Morgan fingerprint density at radius 2 is 0.898 bits per heavy atom. The summed E-state index contributed by atoms with van der Waals surface area (Å²) in [6.07, 6.45) is -1.19. The minimum Gasteiger partial charge on any atom is -0.491 e. The SMILES string of the molecule is COCCOCC(C)N(CC(O)COc1ccc(C(C)(C)c2ccc(OCC3CO3)cc2)cc1)CC(O)COc1ccc(C(C)(C)c2ccc(OCC3CO3)cc2)cc1. The molecule has 320 valence electrons. The van der Waals surface area contributed by atoms with Gasteiger partial charge in [0.25, 0.3) is 0 Å². The van der Waals surface area contributed by atoms with Gasteiger partial charge in [0.2, 0.25) is 0 Å². The van der Waals surface area contributed by atoms with Crippen LogP contribution in [-0.2, 0) is 29.8 Å². The molecular formula is C48H63NO10. The van der Waals surface area contributed by atoms with Crippen molar-refractivity contribution in [3.05, 3.63) is 119 Å². The summed E-state index contributed by atoms with van der Waals surface area (Å²) in [6, 6.07) is 32.4. The number of nitrogens with zero attached hydrogens (tertiary/aromatic N) is 1. The molecule has 2 aliphatic rings. The Morgan fingerprint density at radius 3 is 1.22 bits per heavy atom. The highest BCUT2D eigenvalue weighted by Crippen LogP contribution is 2.35. The molecule has 2 N–H and O–H groups in total. The lowest BCUT2D eigenvalue weighted by molar-refractivity contribution is -0.0122. The summed E-state index contributed by atoms with van der Waals surface area (Å²) in [5.74, 6) is 3.01. The van der Waals surface area contributed by atoms with Crippen LogP contribution < -0.4 is 18.9 Å². The van der Waals surface area contributed by atoms with Gasteiger partial charge in [-0.1, -0.05) is 76.2 Å². The van der Waals surface area contributed by atoms with E-state index in [2.05, 4.69) is 76.2 Å². The van der Waals surface area contributed by atoms with Crippen molar-refractivity contribution in [2.45, 2.75) is 75.9 Å². The Labute approximate surface area is 350 Å². The molecule has 0 spiro atoms. The van der Waals surface area contributed by atoms with E-state index in [0.717, 1.165) is 35.8 Å². The van der Waals surface area contributed by atoms with Crippen LogP contribution in [0.3, 0.4) is 0 Å². The van der Waals surface area contributed by atoms with Crippen LogP contribution in [0.4, 0.5) is 0 Å². The van der Waals surface area contributed by atoms with E-state index in [1.54, 1.807) is 7.11 Å². The summed E-state index contributed by atoms with van der Waals surface area (Å²) in [6.45, 7) is 15.6. The van der Waals surface area contributed by atoms with Crippen LogP contribution in [0.5, 0.6) is 23.0 Å². The summed E-state index contributed by atoms with van der Waals surface area (Å²) < 4.78 is 45.1. The molecule has 2 fully saturated rings. The van der Waals surface area contributed by atoms with Crippen LogP contribution in [0.25, 0.3) is 0 Å². The first-order chi connectivity index (χ1) is 28.4. The Kier molecular flexibility index (Phi) is 15.7. The number of hydrogen-bond acceptors (Lipinski definition) is 11. The molecule has 4 aromatic rings. The molecule has 2 saturated heterocycles. The fourth-order valence-electron chi connectivity index (χ4n) is 6.88. The molecule has 11 nitrogen and oxygen atoms in total. The van der Waals surface area contributed by atoms with Gasteiger partial charge in [-0.15, -0.1) is 0 Å². The standard InChI is InChI=1S/C48H63NO10/c1-34(27-53-24-23-52-6)49(25-39(50)28-54-41-15-7-35(8-16-41)47(2,3)37-11-19-43(20-12-37)56-30-45-32-58-45)26-40(51)29-55-42-17-9-36(10-18-42)48(4,5)38-13-21-44(22-14-38)57-31-46-33-59-46/h7-22,34,39-40,45-46,50-51H,23-33H2,1-6H3. The zero-order valence-corrected chi connectivity index (χ0v) is 35.5. The first-order valence-electron chi connectivity index (χ1n) is 20.7. The molecule has 5 atom stereocenters. The normalized spacial score (nSPS) is 17.9. The monoisotopic (exact) mass is 813 g/mol. The van der Waals surface area contributed by atoms with Gasteiger partial charge in [0.1, 0.15) is 73.8 Å². The molecule has 59 heavy (non-hydrogen) atoms. The fraction of sp³-hybridized carbons (Fsp3) is 0.500. The number of methoxy groups -OCH3 is 1. The van der Waals surface area contributed by atoms with E-state index in [0.29, 0.717) is 44.5 Å². The van der Waals surface area contributed by atoms with Crippen LogP contribution in [0.2, 0.25) is 0 Å². The number of rotatable bonds is 26. The molecule has 0 aromatic heterocycles. The summed E-state index contributed by atoms with van der Waals surface area (Å²) in [7, 11) is 1.64. The Bertz CT molecular complexity index is 1700. The lowest BCUT2D eigenvalue weighted by Crippen LogP contribution is -2.47. The van der Waals surface area contributed by atoms with E-state index in [1.807, 2.05) is 60.4 Å². The topological polar surface area (TPSA) is 124 Å². The van der Waals surface area contributed by atoms with Gasteiger partial charge >= 0.3 is 0 Å². The number of aliphatic hydroxyl groups is 2. The summed E-state index contributed by atoms with van der Waals surface area (Å²) in [5.41, 5.74) is 4.15. The molecule has 5 unspecified atom stereocenters. The lowest BCUT2D eigenvalue weighted by Gasteiger charge is -2.32. The number of hydrogen-bond donors (Lipinski definition) is 2. The van der Waals surface area contributed by atoms with E-state index in [-0.39, 0.29) is 55.4 Å². The van der Waals surface area contributed by atoms with Gasteiger partial charge < -0.3 is 48.1 Å². The third kappa shape index (κ3) is 13.4. The number of ether oxygens (including phenoxy) is 8. The summed E-state index contributed by atoms with van der Waals surface area (Å²) >= 11 is 0. The Balaban J connectivity index is 0.981. The molecule has 0 radical (unpaired) electrons. The lowest BCUT2D eigenvalue weighted by atomic mass is 9.78. The zero-order chi connectivity index (χ0) is 41.8. The Morgan fingerprint density at radius 1 is 0.559 bits per heavy atom. The van der Waals surface area contributed by atoms with E-state index < -0.39 is 12.2 Å². The van der Waals surface area contributed by atoms with Crippen molar-refractivity contribution in [1.82, 2.24) is 4.90 Å². The predicted octanol–water partition coefficient (Wildman–Crippen LogP) is 6.43. The van der Waals surface area contributed by atoms with E-state index >= 15 is 0 Å². The summed E-state index contributed by atoms with van der Waals surface area (Å²) in [5, 5.41) is 22.3. The quantitative estimate of drug-likeness (QED) is 0.0539. The number of benzene rings is 4. The number of epoxide rings is 2. The fourth-order valence-corrected chi connectivity index (χ4v) is 6.88. The first kappa shape index (κ1) is 44.4. The molecule has 11 heteroatoms. The highest BCUT2D eigenvalue weighted by Gasteiger charge is 2.27. The van der Waals surface area contributed by atoms with Crippen molar-refractivity contribution < 1.29 is 48.1 Å². The second-order valence-corrected chi connectivity index (χ2v) is 16.7. The van der Waals surface area contributed by atoms with Gasteiger partial charge in [0, 0.05) is 37.1 Å². The molecule has 0 saturated carbocycles. The van der Waals surface area contributed by atoms with E-state index in [1.165, 1.54) is 11.1 Å². The van der Waals surface area contributed by atoms with Gasteiger partial charge in [-0.05, 0) is 77.7 Å². The van der Waals surface area contributed by atoms with Gasteiger partial charge in [-0.25, -0.2) is 0 Å². The molecular weight excluding hydrogens is 751 g/mol. The molecule has 0 bridgehead atoms. The van der Waals surface area contributed by atoms with Gasteiger partial charge in [0.05, 0.1) is 33.0 Å². The third-order valence-electron chi connectivity index (χ3n) is 11.2. The van der Waals surface area contributed by atoms with Crippen molar-refractivity contribution in [2.24, 2.45) is 0 Å². The highest BCUT2D eigenvalue weighted by molar-refractivity contribution is 5.43. The average Bonchev–Trinajstić information content (AvgIpc) is 4.19. The highest BCUT2D eigenvalue weighted by atomic mass is 16.6. The van der Waals surface area contributed by atoms with E-state index in [4.69, 9.17) is 37.9 Å². The molecule has 0 aliphatic carbocycles. The average molecular weight is 814 g/mol. The van der Waals surface area contributed by atoms with Crippen molar-refractivity contribution in [2.75, 3.05) is 79.7 Å².